The molecular formula is C17H18F3NO4S. The zero-order valence-corrected chi connectivity index (χ0v) is 14.9. The van der Waals surface area contributed by atoms with Crippen molar-refractivity contribution in [1.82, 2.24) is 4.72 Å². The van der Waals surface area contributed by atoms with Crippen molar-refractivity contribution in [3.8, 4) is 5.75 Å². The van der Waals surface area contributed by atoms with Gasteiger partial charge < -0.3 is 9.84 Å². The van der Waals surface area contributed by atoms with Gasteiger partial charge in [0, 0.05) is 0 Å². The van der Waals surface area contributed by atoms with Crippen molar-refractivity contribution in [2.24, 2.45) is 0 Å². The van der Waals surface area contributed by atoms with Crippen LogP contribution in [0, 0.1) is 6.92 Å². The molecule has 0 bridgehead atoms. The van der Waals surface area contributed by atoms with Crippen LogP contribution >= 0.6 is 0 Å². The van der Waals surface area contributed by atoms with E-state index in [0.717, 1.165) is 12.1 Å². The quantitative estimate of drug-likeness (QED) is 0.797. The number of halogens is 3. The molecule has 9 heteroatoms. The largest absolute Gasteiger partial charge is 0.495 e. The Bertz CT molecular complexity index is 869. The maximum absolute atomic E-state index is 13.5. The summed E-state index contributed by atoms with van der Waals surface area (Å²) in [4.78, 5) is -0.308. The number of rotatable bonds is 6. The van der Waals surface area contributed by atoms with E-state index in [0.29, 0.717) is 5.56 Å². The molecule has 0 heterocycles. The van der Waals surface area contributed by atoms with Crippen molar-refractivity contribution in [2.75, 3.05) is 13.7 Å². The Labute approximate surface area is 149 Å². The molecule has 0 radical (unpaired) electrons. The number of aryl methyl sites for hydroxylation is 1. The smallest absolute Gasteiger partial charge is 0.422 e. The van der Waals surface area contributed by atoms with E-state index in [1.54, 1.807) is 13.0 Å². The van der Waals surface area contributed by atoms with Crippen molar-refractivity contribution in [3.63, 3.8) is 0 Å². The van der Waals surface area contributed by atoms with Crippen LogP contribution in [-0.4, -0.2) is 33.4 Å². The molecule has 2 aromatic rings. The molecule has 0 aliphatic heterocycles. The second kappa shape index (κ2) is 7.26. The van der Waals surface area contributed by atoms with Crippen LogP contribution in [0.15, 0.2) is 53.4 Å². The van der Waals surface area contributed by atoms with Gasteiger partial charge in [0.15, 0.2) is 5.60 Å². The highest BCUT2D eigenvalue weighted by Crippen LogP contribution is 2.39. The van der Waals surface area contributed by atoms with Gasteiger partial charge in [-0.3, -0.25) is 0 Å². The van der Waals surface area contributed by atoms with Gasteiger partial charge >= 0.3 is 6.18 Å². The summed E-state index contributed by atoms with van der Waals surface area (Å²) in [5.74, 6) is -0.0154. The third kappa shape index (κ3) is 4.00. The fourth-order valence-electron chi connectivity index (χ4n) is 2.35. The van der Waals surface area contributed by atoms with Gasteiger partial charge in [0.1, 0.15) is 10.6 Å². The first-order valence-corrected chi connectivity index (χ1v) is 8.98. The van der Waals surface area contributed by atoms with Crippen LogP contribution in [0.5, 0.6) is 5.75 Å². The molecule has 1 unspecified atom stereocenters. The predicted molar refractivity (Wildman–Crippen MR) is 89.3 cm³/mol. The lowest BCUT2D eigenvalue weighted by molar-refractivity contribution is -0.263. The first kappa shape index (κ1) is 20.2. The first-order valence-electron chi connectivity index (χ1n) is 7.50. The third-order valence-corrected chi connectivity index (χ3v) is 5.27. The summed E-state index contributed by atoms with van der Waals surface area (Å²) in [6, 6.07) is 10.6. The molecule has 2 rings (SSSR count). The molecule has 2 aromatic carbocycles. The van der Waals surface area contributed by atoms with Gasteiger partial charge in [-0.1, -0.05) is 36.4 Å². The highest BCUT2D eigenvalue weighted by Gasteiger charge is 2.55. The number of nitrogens with one attached hydrogen (secondary N) is 1. The van der Waals surface area contributed by atoms with E-state index in [2.05, 4.69) is 0 Å². The molecule has 0 spiro atoms. The zero-order chi connectivity index (χ0) is 19.6. The first-order chi connectivity index (χ1) is 12.0. The van der Waals surface area contributed by atoms with Crippen LogP contribution in [0.1, 0.15) is 11.1 Å². The minimum Gasteiger partial charge on any atom is -0.495 e. The molecule has 0 aliphatic carbocycles. The van der Waals surface area contributed by atoms with E-state index in [1.165, 1.54) is 37.4 Å². The summed E-state index contributed by atoms with van der Waals surface area (Å²) in [5, 5.41) is 10.2. The molecule has 142 valence electrons. The normalized spacial score (nSPS) is 14.7. The van der Waals surface area contributed by atoms with Gasteiger partial charge in [0.25, 0.3) is 0 Å². The maximum Gasteiger partial charge on any atom is 0.422 e. The minimum atomic E-state index is -5.09. The predicted octanol–water partition coefficient (Wildman–Crippen LogP) is 2.73. The van der Waals surface area contributed by atoms with Gasteiger partial charge in [-0.15, -0.1) is 0 Å². The zero-order valence-electron chi connectivity index (χ0n) is 14.0. The number of ether oxygens (including phenoxy) is 1. The number of hydrogen-bond acceptors (Lipinski definition) is 4. The van der Waals surface area contributed by atoms with Gasteiger partial charge in [0.2, 0.25) is 10.0 Å². The molecule has 0 amide bonds. The lowest BCUT2D eigenvalue weighted by atomic mass is 9.93. The molecular weight excluding hydrogens is 371 g/mol. The van der Waals surface area contributed by atoms with E-state index >= 15 is 0 Å². The highest BCUT2D eigenvalue weighted by molar-refractivity contribution is 7.89. The van der Waals surface area contributed by atoms with E-state index < -0.39 is 33.9 Å². The van der Waals surface area contributed by atoms with Gasteiger partial charge in [0.05, 0.1) is 13.7 Å². The summed E-state index contributed by atoms with van der Waals surface area (Å²) in [7, 11) is -3.11. The fourth-order valence-corrected chi connectivity index (χ4v) is 3.66. The molecule has 0 saturated carbocycles. The lowest BCUT2D eigenvalue weighted by Crippen LogP contribution is -2.51. The lowest BCUT2D eigenvalue weighted by Gasteiger charge is -2.31. The molecule has 0 aromatic heterocycles. The number of hydrogen-bond donors (Lipinski definition) is 2. The van der Waals surface area contributed by atoms with Crippen molar-refractivity contribution < 1.29 is 31.4 Å². The summed E-state index contributed by atoms with van der Waals surface area (Å²) < 4.78 is 72.2. The number of benzene rings is 2. The number of aliphatic hydroxyl groups is 1. The molecule has 0 fully saturated rings. The second-order valence-electron chi connectivity index (χ2n) is 5.70. The van der Waals surface area contributed by atoms with Crippen LogP contribution in [0.3, 0.4) is 0 Å². The van der Waals surface area contributed by atoms with E-state index in [1.807, 2.05) is 4.72 Å². The van der Waals surface area contributed by atoms with E-state index in [9.17, 15) is 26.7 Å². The molecule has 5 nitrogen and oxygen atoms in total. The van der Waals surface area contributed by atoms with E-state index in [4.69, 9.17) is 4.74 Å². The summed E-state index contributed by atoms with van der Waals surface area (Å²) in [5.41, 5.74) is -3.26. The van der Waals surface area contributed by atoms with Crippen LogP contribution in [0.25, 0.3) is 0 Å². The van der Waals surface area contributed by atoms with Crippen molar-refractivity contribution >= 4 is 10.0 Å². The van der Waals surface area contributed by atoms with E-state index in [-0.39, 0.29) is 10.6 Å². The Hall–Kier alpha value is -2.10. The van der Waals surface area contributed by atoms with Crippen LogP contribution in [-0.2, 0) is 15.6 Å². The highest BCUT2D eigenvalue weighted by atomic mass is 32.2. The number of sulfonamides is 1. The Balaban J connectivity index is 2.39. The topological polar surface area (TPSA) is 75.6 Å². The molecule has 1 atom stereocenters. The fraction of sp³-hybridized carbons (Fsp3) is 0.294. The van der Waals surface area contributed by atoms with Crippen LogP contribution < -0.4 is 9.46 Å². The Morgan fingerprint density at radius 2 is 1.73 bits per heavy atom. The van der Waals surface area contributed by atoms with Crippen LogP contribution in [0.4, 0.5) is 13.2 Å². The van der Waals surface area contributed by atoms with Gasteiger partial charge in [-0.05, 0) is 30.2 Å². The molecule has 0 saturated heterocycles. The number of methoxy groups -OCH3 is 1. The molecule has 0 aliphatic rings. The third-order valence-electron chi connectivity index (χ3n) is 3.85. The Morgan fingerprint density at radius 1 is 1.12 bits per heavy atom. The molecule has 2 N–H and O–H groups in total. The van der Waals surface area contributed by atoms with Crippen molar-refractivity contribution in [2.45, 2.75) is 23.6 Å². The minimum absolute atomic E-state index is 0.0154. The summed E-state index contributed by atoms with van der Waals surface area (Å²) >= 11 is 0. The maximum atomic E-state index is 13.5. The summed E-state index contributed by atoms with van der Waals surface area (Å²) in [6.45, 7) is 0.356. The van der Waals surface area contributed by atoms with Crippen LogP contribution in [0.2, 0.25) is 0 Å². The Morgan fingerprint density at radius 3 is 2.27 bits per heavy atom. The standard InChI is InChI=1S/C17H18F3NO4S/c1-12-8-9-14(25-2)15(10-12)26(23,24)21-11-16(22,17(18,19)20)13-6-4-3-5-7-13/h3-10,21-22H,11H2,1-2H3. The monoisotopic (exact) mass is 389 g/mol. The van der Waals surface area contributed by atoms with Crippen molar-refractivity contribution in [3.05, 3.63) is 59.7 Å². The SMILES string of the molecule is COc1ccc(C)cc1S(=O)(=O)NCC(O)(c1ccccc1)C(F)(F)F. The average molecular weight is 389 g/mol. The molecule has 26 heavy (non-hydrogen) atoms. The summed E-state index contributed by atoms with van der Waals surface area (Å²) in [6.07, 6.45) is -5.09. The average Bonchev–Trinajstić information content (AvgIpc) is 2.59. The van der Waals surface area contributed by atoms with Gasteiger partial charge in [-0.2, -0.15) is 13.2 Å². The van der Waals surface area contributed by atoms with Gasteiger partial charge in [-0.25, -0.2) is 13.1 Å². The Kier molecular flexibility index (Phi) is 5.64. The van der Waals surface area contributed by atoms with Crippen molar-refractivity contribution in [1.29, 1.82) is 0 Å². The number of alkyl halides is 3. The second-order valence-corrected chi connectivity index (χ2v) is 7.44.